The summed E-state index contributed by atoms with van der Waals surface area (Å²) in [6.45, 7) is 2.00. The number of hydrogen-bond acceptors (Lipinski definition) is 3. The topological polar surface area (TPSA) is 42.0 Å². The molecule has 3 nitrogen and oxygen atoms in total. The molecule has 118 valence electrons. The molecule has 0 fully saturated rings. The fraction of sp³-hybridized carbons (Fsp3) is 0.125. The molecule has 0 radical (unpaired) electrons. The zero-order valence-corrected chi connectivity index (χ0v) is 12.8. The van der Waals surface area contributed by atoms with Crippen LogP contribution in [0.15, 0.2) is 42.5 Å². The van der Waals surface area contributed by atoms with E-state index in [-0.39, 0.29) is 5.69 Å². The van der Waals surface area contributed by atoms with Gasteiger partial charge in [-0.3, -0.25) is 4.79 Å². The Labute approximate surface area is 133 Å². The summed E-state index contributed by atoms with van der Waals surface area (Å²) < 4.78 is 37.7. The molecule has 0 aliphatic heterocycles. The molecule has 0 aliphatic carbocycles. The van der Waals surface area contributed by atoms with E-state index in [0.29, 0.717) is 0 Å². The number of alkyl halides is 3. The Bertz CT molecular complexity index is 869. The molecule has 0 saturated heterocycles. The highest BCUT2D eigenvalue weighted by atomic mass is 32.1. The molecule has 7 heteroatoms. The lowest BCUT2D eigenvalue weighted by Crippen LogP contribution is -2.29. The monoisotopic (exact) mass is 336 g/mol. The first-order chi connectivity index (χ1) is 10.8. The molecule has 1 heterocycles. The fourth-order valence-electron chi connectivity index (χ4n) is 2.05. The number of carbonyl (C=O) groups is 1. The van der Waals surface area contributed by atoms with Gasteiger partial charge >= 0.3 is 12.1 Å². The van der Waals surface area contributed by atoms with Crippen molar-refractivity contribution >= 4 is 33.1 Å². The number of rotatable bonds is 2. The summed E-state index contributed by atoms with van der Waals surface area (Å²) in [5, 5.41) is 2.59. The molecule has 1 amide bonds. The highest BCUT2D eigenvalue weighted by molar-refractivity contribution is 7.21. The van der Waals surface area contributed by atoms with Gasteiger partial charge in [0.2, 0.25) is 0 Å². The summed E-state index contributed by atoms with van der Waals surface area (Å²) in [6.07, 6.45) is -4.90. The van der Waals surface area contributed by atoms with Crippen LogP contribution in [0.4, 0.5) is 18.9 Å². The Hall–Kier alpha value is -2.41. The highest BCUT2D eigenvalue weighted by Crippen LogP contribution is 2.31. The maximum Gasteiger partial charge on any atom is 0.471 e. The van der Waals surface area contributed by atoms with Crippen LogP contribution in [0.1, 0.15) is 5.56 Å². The zero-order valence-electron chi connectivity index (χ0n) is 11.9. The van der Waals surface area contributed by atoms with Crippen molar-refractivity contribution in [3.05, 3.63) is 48.0 Å². The Morgan fingerprint density at radius 1 is 1.13 bits per heavy atom. The van der Waals surface area contributed by atoms with E-state index in [1.54, 1.807) is 12.1 Å². The van der Waals surface area contributed by atoms with Crippen molar-refractivity contribution in [2.75, 3.05) is 5.32 Å². The highest BCUT2D eigenvalue weighted by Gasteiger charge is 2.38. The Balaban J connectivity index is 1.85. The van der Waals surface area contributed by atoms with Crippen LogP contribution in [0.5, 0.6) is 0 Å². The van der Waals surface area contributed by atoms with Gasteiger partial charge in [-0.15, -0.1) is 11.3 Å². The average molecular weight is 336 g/mol. The first-order valence-corrected chi connectivity index (χ1v) is 7.50. The van der Waals surface area contributed by atoms with Crippen molar-refractivity contribution < 1.29 is 18.0 Å². The molecule has 3 aromatic rings. The summed E-state index contributed by atoms with van der Waals surface area (Å²) in [6, 6.07) is 12.1. The predicted octanol–water partition coefficient (Wildman–Crippen LogP) is 4.77. The van der Waals surface area contributed by atoms with Gasteiger partial charge in [-0.2, -0.15) is 13.2 Å². The quantitative estimate of drug-likeness (QED) is 0.732. The number of aryl methyl sites for hydroxylation is 1. The number of fused-ring (bicyclic) bond motifs is 1. The van der Waals surface area contributed by atoms with Gasteiger partial charge in [-0.05, 0) is 48.9 Å². The molecule has 0 atom stereocenters. The smallest absolute Gasteiger partial charge is 0.318 e. The molecular formula is C16H11F3N2OS. The van der Waals surface area contributed by atoms with E-state index in [4.69, 9.17) is 0 Å². The fourth-order valence-corrected chi connectivity index (χ4v) is 3.12. The zero-order chi connectivity index (χ0) is 16.6. The van der Waals surface area contributed by atoms with E-state index >= 15 is 0 Å². The lowest BCUT2D eigenvalue weighted by Gasteiger charge is -2.07. The Kier molecular flexibility index (Phi) is 3.81. The summed E-state index contributed by atoms with van der Waals surface area (Å²) >= 11 is 1.51. The number of carbonyl (C=O) groups excluding carboxylic acids is 1. The van der Waals surface area contributed by atoms with E-state index in [0.717, 1.165) is 26.4 Å². The number of hydrogen-bond donors (Lipinski definition) is 1. The van der Waals surface area contributed by atoms with E-state index in [1.165, 1.54) is 23.5 Å². The van der Waals surface area contributed by atoms with Crippen molar-refractivity contribution in [1.82, 2.24) is 4.98 Å². The van der Waals surface area contributed by atoms with Crippen molar-refractivity contribution in [1.29, 1.82) is 0 Å². The van der Waals surface area contributed by atoms with Crippen LogP contribution in [-0.4, -0.2) is 17.1 Å². The first kappa shape index (κ1) is 15.5. The number of halogens is 3. The number of nitrogens with one attached hydrogen (secondary N) is 1. The van der Waals surface area contributed by atoms with Crippen molar-refractivity contribution in [2.45, 2.75) is 13.1 Å². The third kappa shape index (κ3) is 3.34. The minimum absolute atomic E-state index is 0.0908. The SMILES string of the molecule is Cc1ccc2nc(-c3ccc(NC(=O)C(F)(F)F)cc3)sc2c1. The molecule has 0 saturated carbocycles. The van der Waals surface area contributed by atoms with Crippen molar-refractivity contribution in [3.8, 4) is 10.6 Å². The molecule has 0 bridgehead atoms. The number of thiazole rings is 1. The Morgan fingerprint density at radius 3 is 2.48 bits per heavy atom. The lowest BCUT2D eigenvalue weighted by atomic mass is 10.2. The van der Waals surface area contributed by atoms with Gasteiger partial charge in [0.1, 0.15) is 5.01 Å². The second kappa shape index (κ2) is 5.66. The summed E-state index contributed by atoms with van der Waals surface area (Å²) in [4.78, 5) is 15.4. The maximum atomic E-state index is 12.2. The molecule has 23 heavy (non-hydrogen) atoms. The summed E-state index contributed by atoms with van der Waals surface area (Å²) in [5.74, 6) is -1.99. The van der Waals surface area contributed by atoms with Crippen LogP contribution in [0.2, 0.25) is 0 Å². The Morgan fingerprint density at radius 2 is 1.83 bits per heavy atom. The molecule has 0 aliphatic rings. The van der Waals surface area contributed by atoms with Crippen molar-refractivity contribution in [2.24, 2.45) is 0 Å². The molecule has 1 aromatic heterocycles. The first-order valence-electron chi connectivity index (χ1n) is 6.69. The number of amides is 1. The summed E-state index contributed by atoms with van der Waals surface area (Å²) in [7, 11) is 0. The maximum absolute atomic E-state index is 12.2. The van der Waals surface area contributed by atoms with Gasteiger partial charge in [0.15, 0.2) is 0 Å². The van der Waals surface area contributed by atoms with E-state index in [9.17, 15) is 18.0 Å². The number of aromatic nitrogens is 1. The minimum atomic E-state index is -4.90. The predicted molar refractivity (Wildman–Crippen MR) is 84.5 cm³/mol. The van der Waals surface area contributed by atoms with E-state index < -0.39 is 12.1 Å². The molecule has 3 rings (SSSR count). The van der Waals surface area contributed by atoms with Crippen LogP contribution in [0, 0.1) is 6.92 Å². The van der Waals surface area contributed by atoms with Gasteiger partial charge in [-0.25, -0.2) is 4.98 Å². The van der Waals surface area contributed by atoms with Crippen LogP contribution < -0.4 is 5.32 Å². The number of nitrogens with zero attached hydrogens (tertiary/aromatic N) is 1. The number of benzene rings is 2. The molecular weight excluding hydrogens is 325 g/mol. The molecule has 0 unspecified atom stereocenters. The minimum Gasteiger partial charge on any atom is -0.318 e. The van der Waals surface area contributed by atoms with Gasteiger partial charge in [0.25, 0.3) is 0 Å². The van der Waals surface area contributed by atoms with Crippen LogP contribution in [-0.2, 0) is 4.79 Å². The van der Waals surface area contributed by atoms with Crippen LogP contribution in [0.3, 0.4) is 0 Å². The second-order valence-corrected chi connectivity index (χ2v) is 6.05. The normalized spacial score (nSPS) is 11.7. The van der Waals surface area contributed by atoms with E-state index in [2.05, 4.69) is 4.98 Å². The second-order valence-electron chi connectivity index (χ2n) is 5.02. The van der Waals surface area contributed by atoms with Crippen LogP contribution in [0.25, 0.3) is 20.8 Å². The van der Waals surface area contributed by atoms with Crippen LogP contribution >= 0.6 is 11.3 Å². The van der Waals surface area contributed by atoms with E-state index in [1.807, 2.05) is 30.4 Å². The third-order valence-electron chi connectivity index (χ3n) is 3.19. The van der Waals surface area contributed by atoms with Crippen molar-refractivity contribution in [3.63, 3.8) is 0 Å². The molecule has 1 N–H and O–H groups in total. The third-order valence-corrected chi connectivity index (χ3v) is 4.26. The van der Waals surface area contributed by atoms with Gasteiger partial charge in [-0.1, -0.05) is 6.07 Å². The molecule has 0 spiro atoms. The number of anilines is 1. The largest absolute Gasteiger partial charge is 0.471 e. The standard InChI is InChI=1S/C16H11F3N2OS/c1-9-2-7-12-13(8-9)23-14(21-12)10-3-5-11(6-4-10)20-15(22)16(17,18)19/h2-8H,1H3,(H,20,22). The molecule has 2 aromatic carbocycles. The average Bonchev–Trinajstić information content (AvgIpc) is 2.90. The van der Waals surface area contributed by atoms with Gasteiger partial charge in [0.05, 0.1) is 10.2 Å². The lowest BCUT2D eigenvalue weighted by molar-refractivity contribution is -0.167. The summed E-state index contributed by atoms with van der Waals surface area (Å²) in [5.41, 5.74) is 2.89. The van der Waals surface area contributed by atoms with Gasteiger partial charge in [0, 0.05) is 11.3 Å². The van der Waals surface area contributed by atoms with Gasteiger partial charge < -0.3 is 5.32 Å².